The summed E-state index contributed by atoms with van der Waals surface area (Å²) in [5.74, 6) is -0.929. The van der Waals surface area contributed by atoms with Crippen molar-refractivity contribution in [2.45, 2.75) is 12.3 Å². The number of nitrogens with two attached hydrogens (primary N) is 1. The molecule has 0 radical (unpaired) electrons. The van der Waals surface area contributed by atoms with Crippen molar-refractivity contribution in [3.63, 3.8) is 0 Å². The zero-order valence-corrected chi connectivity index (χ0v) is 8.81. The first-order valence-corrected chi connectivity index (χ1v) is 5.19. The molecule has 0 aliphatic rings. The topological polar surface area (TPSA) is 79.1 Å². The van der Waals surface area contributed by atoms with Crippen LogP contribution in [-0.4, -0.2) is 22.6 Å². The maximum Gasteiger partial charge on any atom is 0.304 e. The lowest BCUT2D eigenvalue weighted by atomic mass is 9.95. The van der Waals surface area contributed by atoms with Crippen molar-refractivity contribution in [3.05, 3.63) is 36.0 Å². The van der Waals surface area contributed by atoms with E-state index in [4.69, 9.17) is 10.8 Å². The number of rotatable bonds is 4. The highest BCUT2D eigenvalue weighted by atomic mass is 16.4. The minimum absolute atomic E-state index is 0.0758. The molecule has 2 rings (SSSR count). The lowest BCUT2D eigenvalue weighted by molar-refractivity contribution is -0.137. The van der Waals surface area contributed by atoms with Gasteiger partial charge in [-0.2, -0.15) is 0 Å². The summed E-state index contributed by atoms with van der Waals surface area (Å²) < 4.78 is 0. The Morgan fingerprint density at radius 3 is 2.94 bits per heavy atom. The summed E-state index contributed by atoms with van der Waals surface area (Å²) in [6.45, 7) is 0.349. The van der Waals surface area contributed by atoms with Gasteiger partial charge in [0.2, 0.25) is 0 Å². The SMILES string of the molecule is NCC(CC(=O)O)c1ccc2[nH]ccc2c1. The van der Waals surface area contributed by atoms with Crippen LogP contribution in [0.3, 0.4) is 0 Å². The highest BCUT2D eigenvalue weighted by Gasteiger charge is 2.14. The highest BCUT2D eigenvalue weighted by molar-refractivity contribution is 5.80. The van der Waals surface area contributed by atoms with Crippen molar-refractivity contribution >= 4 is 16.9 Å². The molecule has 2 aromatic rings. The number of aromatic amines is 1. The van der Waals surface area contributed by atoms with Crippen LogP contribution in [0.25, 0.3) is 10.9 Å². The van der Waals surface area contributed by atoms with E-state index in [1.807, 2.05) is 30.5 Å². The Morgan fingerprint density at radius 2 is 2.25 bits per heavy atom. The second kappa shape index (κ2) is 4.37. The molecule has 84 valence electrons. The van der Waals surface area contributed by atoms with Crippen LogP contribution in [0.1, 0.15) is 17.9 Å². The first kappa shape index (κ1) is 10.7. The molecule has 0 fully saturated rings. The van der Waals surface area contributed by atoms with Gasteiger partial charge in [-0.15, -0.1) is 0 Å². The smallest absolute Gasteiger partial charge is 0.304 e. The zero-order valence-electron chi connectivity index (χ0n) is 8.81. The summed E-state index contributed by atoms with van der Waals surface area (Å²) in [5, 5.41) is 9.87. The van der Waals surface area contributed by atoms with Crippen molar-refractivity contribution < 1.29 is 9.90 Å². The Labute approximate surface area is 93.1 Å². The maximum absolute atomic E-state index is 10.7. The van der Waals surface area contributed by atoms with Gasteiger partial charge in [-0.25, -0.2) is 0 Å². The molecule has 16 heavy (non-hydrogen) atoms. The number of aliphatic carboxylic acids is 1. The Balaban J connectivity index is 2.32. The monoisotopic (exact) mass is 218 g/mol. The predicted molar refractivity (Wildman–Crippen MR) is 62.3 cm³/mol. The van der Waals surface area contributed by atoms with Crippen molar-refractivity contribution in [1.29, 1.82) is 0 Å². The number of carboxylic acid groups (broad SMARTS) is 1. The molecule has 4 nitrogen and oxygen atoms in total. The molecule has 0 saturated heterocycles. The number of nitrogens with one attached hydrogen (secondary N) is 1. The number of hydrogen-bond donors (Lipinski definition) is 3. The van der Waals surface area contributed by atoms with E-state index in [-0.39, 0.29) is 12.3 Å². The van der Waals surface area contributed by atoms with Gasteiger partial charge in [-0.05, 0) is 35.7 Å². The Bertz CT molecular complexity index is 504. The average Bonchev–Trinajstić information content (AvgIpc) is 2.72. The average molecular weight is 218 g/mol. The molecule has 0 aliphatic heterocycles. The normalized spacial score (nSPS) is 12.8. The van der Waals surface area contributed by atoms with Gasteiger partial charge in [0.1, 0.15) is 0 Å². The molecule has 0 aliphatic carbocycles. The van der Waals surface area contributed by atoms with Crippen molar-refractivity contribution in [1.82, 2.24) is 4.98 Å². The molecular formula is C12H14N2O2. The number of carbonyl (C=O) groups is 1. The number of H-pyrrole nitrogens is 1. The van der Waals surface area contributed by atoms with Crippen molar-refractivity contribution in [2.75, 3.05) is 6.54 Å². The second-order valence-electron chi connectivity index (χ2n) is 3.85. The summed E-state index contributed by atoms with van der Waals surface area (Å²) in [5.41, 5.74) is 7.64. The summed E-state index contributed by atoms with van der Waals surface area (Å²) >= 11 is 0. The molecule has 1 heterocycles. The van der Waals surface area contributed by atoms with Gasteiger partial charge in [-0.3, -0.25) is 4.79 Å². The van der Waals surface area contributed by atoms with Crippen LogP contribution in [0.15, 0.2) is 30.5 Å². The Hall–Kier alpha value is -1.81. The molecule has 0 amide bonds. The third-order valence-corrected chi connectivity index (χ3v) is 2.75. The van der Waals surface area contributed by atoms with E-state index in [1.165, 1.54) is 0 Å². The van der Waals surface area contributed by atoms with Gasteiger partial charge < -0.3 is 15.8 Å². The van der Waals surface area contributed by atoms with E-state index < -0.39 is 5.97 Å². The van der Waals surface area contributed by atoms with Gasteiger partial charge in [0.25, 0.3) is 0 Å². The first-order valence-electron chi connectivity index (χ1n) is 5.19. The number of hydrogen-bond acceptors (Lipinski definition) is 2. The molecular weight excluding hydrogens is 204 g/mol. The number of carboxylic acids is 1. The molecule has 1 aromatic heterocycles. The van der Waals surface area contributed by atoms with Gasteiger partial charge in [0, 0.05) is 17.6 Å². The highest BCUT2D eigenvalue weighted by Crippen LogP contribution is 2.22. The lowest BCUT2D eigenvalue weighted by Gasteiger charge is -2.12. The lowest BCUT2D eigenvalue weighted by Crippen LogP contribution is -2.16. The van der Waals surface area contributed by atoms with Gasteiger partial charge in [0.05, 0.1) is 6.42 Å². The largest absolute Gasteiger partial charge is 0.481 e. The van der Waals surface area contributed by atoms with Gasteiger partial charge in [0.15, 0.2) is 0 Å². The van der Waals surface area contributed by atoms with Gasteiger partial charge >= 0.3 is 5.97 Å². The van der Waals surface area contributed by atoms with Crippen LogP contribution in [0.4, 0.5) is 0 Å². The third kappa shape index (κ3) is 2.06. The first-order chi connectivity index (χ1) is 7.70. The minimum Gasteiger partial charge on any atom is -0.481 e. The van der Waals surface area contributed by atoms with E-state index in [9.17, 15) is 4.79 Å². The third-order valence-electron chi connectivity index (χ3n) is 2.75. The molecule has 4 heteroatoms. The molecule has 0 bridgehead atoms. The number of aromatic nitrogens is 1. The summed E-state index contributed by atoms with van der Waals surface area (Å²) in [6, 6.07) is 7.84. The zero-order chi connectivity index (χ0) is 11.5. The van der Waals surface area contributed by atoms with E-state index in [1.54, 1.807) is 0 Å². The Kier molecular flexibility index (Phi) is 2.92. The fourth-order valence-corrected chi connectivity index (χ4v) is 1.87. The summed E-state index contributed by atoms with van der Waals surface area (Å²) in [6.07, 6.45) is 1.94. The van der Waals surface area contributed by atoms with Crippen LogP contribution in [0, 0.1) is 0 Å². The van der Waals surface area contributed by atoms with Crippen LogP contribution in [-0.2, 0) is 4.79 Å². The van der Waals surface area contributed by atoms with Crippen LogP contribution < -0.4 is 5.73 Å². The fourth-order valence-electron chi connectivity index (χ4n) is 1.87. The molecule has 1 unspecified atom stereocenters. The molecule has 1 aromatic carbocycles. The standard InChI is InChI=1S/C12H14N2O2/c13-7-10(6-12(15)16)8-1-2-11-9(5-8)3-4-14-11/h1-5,10,14H,6-7,13H2,(H,15,16). The molecule has 1 atom stereocenters. The predicted octanol–water partition coefficient (Wildman–Crippen LogP) is 1.68. The van der Waals surface area contributed by atoms with Gasteiger partial charge in [-0.1, -0.05) is 6.07 Å². The number of benzene rings is 1. The molecule has 0 saturated carbocycles. The fraction of sp³-hybridized carbons (Fsp3) is 0.250. The quantitative estimate of drug-likeness (QED) is 0.730. The number of fused-ring (bicyclic) bond motifs is 1. The van der Waals surface area contributed by atoms with Crippen molar-refractivity contribution in [2.24, 2.45) is 5.73 Å². The summed E-state index contributed by atoms with van der Waals surface area (Å²) in [7, 11) is 0. The second-order valence-corrected chi connectivity index (χ2v) is 3.85. The summed E-state index contributed by atoms with van der Waals surface area (Å²) in [4.78, 5) is 13.8. The van der Waals surface area contributed by atoms with Crippen LogP contribution in [0.2, 0.25) is 0 Å². The molecule has 0 spiro atoms. The van der Waals surface area contributed by atoms with E-state index in [2.05, 4.69) is 4.98 Å². The van der Waals surface area contributed by atoms with E-state index in [0.717, 1.165) is 16.5 Å². The van der Waals surface area contributed by atoms with Crippen LogP contribution >= 0.6 is 0 Å². The maximum atomic E-state index is 10.7. The minimum atomic E-state index is -0.815. The molecule has 4 N–H and O–H groups in total. The van der Waals surface area contributed by atoms with Crippen LogP contribution in [0.5, 0.6) is 0 Å². The Morgan fingerprint density at radius 1 is 1.44 bits per heavy atom. The van der Waals surface area contributed by atoms with Crippen molar-refractivity contribution in [3.8, 4) is 0 Å². The van der Waals surface area contributed by atoms with E-state index in [0.29, 0.717) is 6.54 Å². The van der Waals surface area contributed by atoms with E-state index >= 15 is 0 Å².